The molecule has 5 nitrogen and oxygen atoms in total. The minimum Gasteiger partial charge on any atom is -0.489 e. The lowest BCUT2D eigenvalue weighted by atomic mass is 10.2. The number of hydrogen-bond donors (Lipinski definition) is 0. The fourth-order valence-electron chi connectivity index (χ4n) is 3.47. The van der Waals surface area contributed by atoms with Crippen LogP contribution in [-0.2, 0) is 13.0 Å². The number of nitrogens with zero attached hydrogens (tertiary/aromatic N) is 3. The smallest absolute Gasteiger partial charge is 0.282 e. The summed E-state index contributed by atoms with van der Waals surface area (Å²) in [5.41, 5.74) is 3.70. The van der Waals surface area contributed by atoms with E-state index in [4.69, 9.17) is 9.72 Å². The molecule has 4 rings (SSSR count). The molecule has 0 saturated carbocycles. The maximum absolute atomic E-state index is 13.2. The summed E-state index contributed by atoms with van der Waals surface area (Å²) in [6.07, 6.45) is 4.32. The van der Waals surface area contributed by atoms with E-state index in [1.807, 2.05) is 36.4 Å². The molecule has 6 heteroatoms. The molecular formula is C27H26BrN3O2. The average Bonchev–Trinajstić information content (AvgIpc) is 2.82. The van der Waals surface area contributed by atoms with Crippen LogP contribution in [0.5, 0.6) is 5.75 Å². The molecule has 0 atom stereocenters. The predicted molar refractivity (Wildman–Crippen MR) is 137 cm³/mol. The van der Waals surface area contributed by atoms with Gasteiger partial charge in [-0.3, -0.25) is 4.79 Å². The number of ether oxygens (including phenoxy) is 1. The molecule has 3 aromatic carbocycles. The summed E-state index contributed by atoms with van der Waals surface area (Å²) >= 11 is 3.44. The monoisotopic (exact) mass is 503 g/mol. The zero-order valence-corrected chi connectivity index (χ0v) is 20.4. The number of benzene rings is 3. The van der Waals surface area contributed by atoms with Crippen molar-refractivity contribution in [2.75, 3.05) is 0 Å². The Bertz CT molecular complexity index is 1340. The standard InChI is InChI=1S/C27H26BrN3O2/c1-3-4-8-26-30-25-14-13-22(28)16-24(25)27(32)31(26)29-17-21-6-5-7-23(15-21)33-18-20-11-9-19(2)10-12-20/h5-7,9-17H,3-4,8,18H2,1-2H3. The maximum Gasteiger partial charge on any atom is 0.282 e. The van der Waals surface area contributed by atoms with Gasteiger partial charge in [-0.25, -0.2) is 4.98 Å². The number of aromatic nitrogens is 2. The number of fused-ring (bicyclic) bond motifs is 1. The van der Waals surface area contributed by atoms with Crippen LogP contribution in [0.1, 0.15) is 42.3 Å². The van der Waals surface area contributed by atoms with Crippen molar-refractivity contribution in [2.45, 2.75) is 39.7 Å². The molecule has 0 N–H and O–H groups in total. The topological polar surface area (TPSA) is 56.5 Å². The highest BCUT2D eigenvalue weighted by molar-refractivity contribution is 9.10. The molecule has 0 fully saturated rings. The lowest BCUT2D eigenvalue weighted by Gasteiger charge is -2.09. The van der Waals surface area contributed by atoms with Gasteiger partial charge in [0.1, 0.15) is 18.2 Å². The average molecular weight is 504 g/mol. The fraction of sp³-hybridized carbons (Fsp3) is 0.222. The highest BCUT2D eigenvalue weighted by atomic mass is 79.9. The van der Waals surface area contributed by atoms with Gasteiger partial charge in [-0.15, -0.1) is 0 Å². The van der Waals surface area contributed by atoms with E-state index in [1.165, 1.54) is 10.2 Å². The normalized spacial score (nSPS) is 11.4. The second-order valence-electron chi connectivity index (χ2n) is 8.00. The summed E-state index contributed by atoms with van der Waals surface area (Å²) in [5, 5.41) is 5.06. The molecule has 168 valence electrons. The van der Waals surface area contributed by atoms with Crippen LogP contribution in [0.25, 0.3) is 10.9 Å². The van der Waals surface area contributed by atoms with E-state index in [0.29, 0.717) is 29.8 Å². The zero-order valence-electron chi connectivity index (χ0n) is 18.8. The Kier molecular flexibility index (Phi) is 7.35. The third kappa shape index (κ3) is 5.76. The van der Waals surface area contributed by atoms with Gasteiger partial charge in [0, 0.05) is 10.9 Å². The first-order valence-electron chi connectivity index (χ1n) is 11.1. The van der Waals surface area contributed by atoms with Gasteiger partial charge >= 0.3 is 0 Å². The zero-order chi connectivity index (χ0) is 23.2. The summed E-state index contributed by atoms with van der Waals surface area (Å²) in [6, 6.07) is 21.5. The molecule has 33 heavy (non-hydrogen) atoms. The van der Waals surface area contributed by atoms with Crippen LogP contribution in [0.3, 0.4) is 0 Å². The van der Waals surface area contributed by atoms with Crippen LogP contribution in [0.2, 0.25) is 0 Å². The highest BCUT2D eigenvalue weighted by Gasteiger charge is 2.11. The summed E-state index contributed by atoms with van der Waals surface area (Å²) in [5.74, 6) is 1.42. The minimum atomic E-state index is -0.171. The first-order chi connectivity index (χ1) is 16.0. The number of rotatable bonds is 8. The van der Waals surface area contributed by atoms with Gasteiger partial charge in [-0.1, -0.05) is 71.2 Å². The second kappa shape index (κ2) is 10.6. The quantitative estimate of drug-likeness (QED) is 0.266. The molecule has 0 radical (unpaired) electrons. The number of aryl methyl sites for hydroxylation is 2. The molecule has 0 aliphatic carbocycles. The van der Waals surface area contributed by atoms with Crippen molar-refractivity contribution in [2.24, 2.45) is 5.10 Å². The number of hydrogen-bond acceptors (Lipinski definition) is 4. The molecule has 1 aromatic heterocycles. The van der Waals surface area contributed by atoms with Gasteiger partial charge in [-0.2, -0.15) is 9.78 Å². The minimum absolute atomic E-state index is 0.171. The van der Waals surface area contributed by atoms with E-state index in [-0.39, 0.29) is 5.56 Å². The summed E-state index contributed by atoms with van der Waals surface area (Å²) in [6.45, 7) is 4.67. The van der Waals surface area contributed by atoms with Gasteiger partial charge < -0.3 is 4.74 Å². The molecule has 0 amide bonds. The van der Waals surface area contributed by atoms with E-state index in [2.05, 4.69) is 59.1 Å². The Balaban J connectivity index is 1.60. The third-order valence-electron chi connectivity index (χ3n) is 5.34. The van der Waals surface area contributed by atoms with Crippen LogP contribution in [-0.4, -0.2) is 15.9 Å². The molecule has 4 aromatic rings. The van der Waals surface area contributed by atoms with Crippen molar-refractivity contribution in [3.63, 3.8) is 0 Å². The van der Waals surface area contributed by atoms with E-state index in [1.54, 1.807) is 12.3 Å². The largest absolute Gasteiger partial charge is 0.489 e. The van der Waals surface area contributed by atoms with Gasteiger partial charge in [0.25, 0.3) is 5.56 Å². The first-order valence-corrected chi connectivity index (χ1v) is 11.9. The van der Waals surface area contributed by atoms with Crippen molar-refractivity contribution in [3.05, 3.63) is 104 Å². The molecule has 1 heterocycles. The van der Waals surface area contributed by atoms with Crippen molar-refractivity contribution < 1.29 is 4.74 Å². The Labute approximate surface area is 201 Å². The Hall–Kier alpha value is -3.25. The third-order valence-corrected chi connectivity index (χ3v) is 5.83. The fourth-order valence-corrected chi connectivity index (χ4v) is 3.83. The van der Waals surface area contributed by atoms with Gasteiger partial charge in [-0.05, 0) is 54.8 Å². The van der Waals surface area contributed by atoms with Gasteiger partial charge in [0.15, 0.2) is 0 Å². The molecular weight excluding hydrogens is 478 g/mol. The van der Waals surface area contributed by atoms with Crippen LogP contribution < -0.4 is 10.3 Å². The van der Waals surface area contributed by atoms with Crippen molar-refractivity contribution in [3.8, 4) is 5.75 Å². The van der Waals surface area contributed by atoms with E-state index < -0.39 is 0 Å². The molecule has 0 unspecified atom stereocenters. The highest BCUT2D eigenvalue weighted by Crippen LogP contribution is 2.18. The first kappa shape index (κ1) is 22.9. The summed E-state index contributed by atoms with van der Waals surface area (Å²) in [7, 11) is 0. The van der Waals surface area contributed by atoms with Gasteiger partial charge in [0.2, 0.25) is 0 Å². The molecule has 0 aliphatic rings. The molecule has 0 saturated heterocycles. The van der Waals surface area contributed by atoms with Crippen LogP contribution in [0, 0.1) is 6.92 Å². The Morgan fingerprint density at radius 1 is 1.09 bits per heavy atom. The lowest BCUT2D eigenvalue weighted by Crippen LogP contribution is -2.22. The van der Waals surface area contributed by atoms with Crippen molar-refractivity contribution in [1.82, 2.24) is 9.66 Å². The maximum atomic E-state index is 13.2. The van der Waals surface area contributed by atoms with E-state index in [0.717, 1.165) is 34.2 Å². The Morgan fingerprint density at radius 2 is 1.91 bits per heavy atom. The Morgan fingerprint density at radius 3 is 2.70 bits per heavy atom. The summed E-state index contributed by atoms with van der Waals surface area (Å²) in [4.78, 5) is 17.9. The number of halogens is 1. The van der Waals surface area contributed by atoms with Crippen LogP contribution >= 0.6 is 15.9 Å². The SMILES string of the molecule is CCCCc1nc2ccc(Br)cc2c(=O)n1N=Cc1cccc(OCc2ccc(C)cc2)c1. The van der Waals surface area contributed by atoms with E-state index in [9.17, 15) is 4.79 Å². The predicted octanol–water partition coefficient (Wildman–Crippen LogP) is 6.27. The molecule has 0 spiro atoms. The summed E-state index contributed by atoms with van der Waals surface area (Å²) < 4.78 is 8.21. The molecule has 0 bridgehead atoms. The van der Waals surface area contributed by atoms with Crippen molar-refractivity contribution >= 4 is 33.0 Å². The van der Waals surface area contributed by atoms with E-state index >= 15 is 0 Å². The van der Waals surface area contributed by atoms with Crippen molar-refractivity contribution in [1.29, 1.82) is 0 Å². The van der Waals surface area contributed by atoms with Crippen LogP contribution in [0.4, 0.5) is 0 Å². The second-order valence-corrected chi connectivity index (χ2v) is 8.92. The lowest BCUT2D eigenvalue weighted by molar-refractivity contribution is 0.306. The van der Waals surface area contributed by atoms with Crippen LogP contribution in [0.15, 0.2) is 81.1 Å². The van der Waals surface area contributed by atoms with Gasteiger partial charge in [0.05, 0.1) is 17.1 Å². The number of unbranched alkanes of at least 4 members (excludes halogenated alkanes) is 1. The molecule has 0 aliphatic heterocycles.